The van der Waals surface area contributed by atoms with Gasteiger partial charge in [0.15, 0.2) is 13.5 Å². The summed E-state index contributed by atoms with van der Waals surface area (Å²) < 4.78 is 9.97. The van der Waals surface area contributed by atoms with Crippen molar-refractivity contribution in [1.82, 2.24) is 4.90 Å². The summed E-state index contributed by atoms with van der Waals surface area (Å²) >= 11 is 0. The minimum atomic E-state index is -0.563. The molecular formula is C17H15NO5. The molecule has 0 heterocycles. The summed E-state index contributed by atoms with van der Waals surface area (Å²) in [4.78, 5) is 35.5. The van der Waals surface area contributed by atoms with Crippen molar-refractivity contribution >= 4 is 18.3 Å². The maximum Gasteiger partial charge on any atom is 0.339 e. The molecule has 0 aliphatic heterocycles. The summed E-state index contributed by atoms with van der Waals surface area (Å²) in [5.74, 6) is -1.13. The largest absolute Gasteiger partial charge is 0.440 e. The molecule has 6 nitrogen and oxygen atoms in total. The highest BCUT2D eigenvalue weighted by Crippen LogP contribution is 2.03. The van der Waals surface area contributed by atoms with Gasteiger partial charge in [0.05, 0.1) is 11.1 Å². The SMILES string of the molecule is O=CN(COC(=O)c1ccccc1)COC(=O)c1ccccc1. The minimum Gasteiger partial charge on any atom is -0.440 e. The van der Waals surface area contributed by atoms with E-state index in [1.54, 1.807) is 60.7 Å². The third-order valence-corrected chi connectivity index (χ3v) is 2.89. The molecule has 0 aromatic heterocycles. The molecular weight excluding hydrogens is 298 g/mol. The van der Waals surface area contributed by atoms with Crippen molar-refractivity contribution in [2.75, 3.05) is 13.5 Å². The van der Waals surface area contributed by atoms with E-state index in [2.05, 4.69) is 0 Å². The zero-order valence-corrected chi connectivity index (χ0v) is 12.3. The zero-order chi connectivity index (χ0) is 16.5. The van der Waals surface area contributed by atoms with Crippen LogP contribution in [0.15, 0.2) is 60.7 Å². The smallest absolute Gasteiger partial charge is 0.339 e. The first-order chi connectivity index (χ1) is 11.2. The number of ether oxygens (including phenoxy) is 2. The minimum absolute atomic E-state index is 0.306. The van der Waals surface area contributed by atoms with Gasteiger partial charge in [0.25, 0.3) is 0 Å². The van der Waals surface area contributed by atoms with Gasteiger partial charge in [0, 0.05) is 0 Å². The van der Waals surface area contributed by atoms with Gasteiger partial charge in [0.2, 0.25) is 6.41 Å². The first-order valence-corrected chi connectivity index (χ1v) is 6.84. The molecule has 0 saturated carbocycles. The van der Waals surface area contributed by atoms with Crippen LogP contribution in [0.2, 0.25) is 0 Å². The predicted molar refractivity (Wildman–Crippen MR) is 81.4 cm³/mol. The number of nitrogens with zero attached hydrogens (tertiary/aromatic N) is 1. The van der Waals surface area contributed by atoms with Crippen molar-refractivity contribution in [3.8, 4) is 0 Å². The monoisotopic (exact) mass is 313 g/mol. The zero-order valence-electron chi connectivity index (χ0n) is 12.3. The van der Waals surface area contributed by atoms with Crippen LogP contribution in [0.5, 0.6) is 0 Å². The molecule has 0 bridgehead atoms. The van der Waals surface area contributed by atoms with E-state index in [1.165, 1.54) is 0 Å². The molecule has 6 heteroatoms. The molecule has 2 rings (SSSR count). The standard InChI is InChI=1S/C17H15NO5/c19-11-18(12-22-16(20)14-7-3-1-4-8-14)13-23-17(21)15-9-5-2-6-10-15/h1-11H,12-13H2. The highest BCUT2D eigenvalue weighted by molar-refractivity contribution is 5.89. The second-order valence-corrected chi connectivity index (χ2v) is 4.55. The Balaban J connectivity index is 1.80. The van der Waals surface area contributed by atoms with Crippen LogP contribution in [0.3, 0.4) is 0 Å². The molecule has 2 aromatic carbocycles. The lowest BCUT2D eigenvalue weighted by Gasteiger charge is -2.17. The van der Waals surface area contributed by atoms with E-state index < -0.39 is 11.9 Å². The Morgan fingerprint density at radius 3 is 1.52 bits per heavy atom. The van der Waals surface area contributed by atoms with Crippen molar-refractivity contribution in [1.29, 1.82) is 0 Å². The highest BCUT2D eigenvalue weighted by atomic mass is 16.6. The summed E-state index contributed by atoms with van der Waals surface area (Å²) in [5.41, 5.74) is 0.749. The number of benzene rings is 2. The molecule has 0 fully saturated rings. The van der Waals surface area contributed by atoms with Crippen LogP contribution in [0.1, 0.15) is 20.7 Å². The Hall–Kier alpha value is -3.15. The fourth-order valence-corrected chi connectivity index (χ4v) is 1.70. The number of amides is 1. The Bertz CT molecular complexity index is 602. The van der Waals surface area contributed by atoms with Gasteiger partial charge >= 0.3 is 11.9 Å². The number of hydrogen-bond donors (Lipinski definition) is 0. The lowest BCUT2D eigenvalue weighted by molar-refractivity contribution is -0.126. The summed E-state index contributed by atoms with van der Waals surface area (Å²) in [7, 11) is 0. The van der Waals surface area contributed by atoms with Gasteiger partial charge in [-0.2, -0.15) is 0 Å². The third kappa shape index (κ3) is 4.96. The average Bonchev–Trinajstić information content (AvgIpc) is 2.62. The molecule has 1 amide bonds. The Labute approximate surface area is 133 Å². The summed E-state index contributed by atoms with van der Waals surface area (Å²) in [6, 6.07) is 16.8. The third-order valence-electron chi connectivity index (χ3n) is 2.89. The van der Waals surface area contributed by atoms with Crippen molar-refractivity contribution in [2.24, 2.45) is 0 Å². The molecule has 2 aromatic rings. The molecule has 0 saturated heterocycles. The van der Waals surface area contributed by atoms with Crippen LogP contribution < -0.4 is 0 Å². The first kappa shape index (κ1) is 16.2. The number of rotatable bonds is 7. The summed E-state index contributed by atoms with van der Waals surface area (Å²) in [5, 5.41) is 0. The van der Waals surface area contributed by atoms with E-state index in [0.29, 0.717) is 17.5 Å². The number of esters is 2. The average molecular weight is 313 g/mol. The van der Waals surface area contributed by atoms with Gasteiger partial charge in [-0.3, -0.25) is 9.69 Å². The van der Waals surface area contributed by atoms with Crippen molar-refractivity contribution in [2.45, 2.75) is 0 Å². The van der Waals surface area contributed by atoms with Crippen LogP contribution in [0, 0.1) is 0 Å². The Kier molecular flexibility index (Phi) is 5.88. The van der Waals surface area contributed by atoms with Crippen molar-refractivity contribution < 1.29 is 23.9 Å². The van der Waals surface area contributed by atoms with Crippen LogP contribution >= 0.6 is 0 Å². The topological polar surface area (TPSA) is 72.9 Å². The van der Waals surface area contributed by atoms with E-state index in [9.17, 15) is 14.4 Å². The molecule has 0 aliphatic rings. The molecule has 0 atom stereocenters. The van der Waals surface area contributed by atoms with Crippen LogP contribution in [-0.4, -0.2) is 36.7 Å². The second-order valence-electron chi connectivity index (χ2n) is 4.55. The Morgan fingerprint density at radius 1 is 0.783 bits per heavy atom. The maximum absolute atomic E-state index is 11.8. The van der Waals surface area contributed by atoms with Gasteiger partial charge in [-0.05, 0) is 24.3 Å². The Morgan fingerprint density at radius 2 is 1.17 bits per heavy atom. The normalized spacial score (nSPS) is 9.74. The molecule has 118 valence electrons. The molecule has 0 radical (unpaired) electrons. The number of carbonyl (C=O) groups is 3. The van der Waals surface area contributed by atoms with Crippen molar-refractivity contribution in [3.63, 3.8) is 0 Å². The second kappa shape index (κ2) is 8.33. The molecule has 0 spiro atoms. The summed E-state index contributed by atoms with van der Waals surface area (Å²) in [6.07, 6.45) is 0.441. The lowest BCUT2D eigenvalue weighted by atomic mass is 10.2. The van der Waals surface area contributed by atoms with Crippen LogP contribution in [0.25, 0.3) is 0 Å². The van der Waals surface area contributed by atoms with E-state index >= 15 is 0 Å². The quantitative estimate of drug-likeness (QED) is 0.444. The lowest BCUT2D eigenvalue weighted by Crippen LogP contribution is -2.30. The maximum atomic E-state index is 11.8. The van der Waals surface area contributed by atoms with Crippen LogP contribution in [0.4, 0.5) is 0 Å². The van der Waals surface area contributed by atoms with E-state index in [4.69, 9.17) is 9.47 Å². The van der Waals surface area contributed by atoms with E-state index in [0.717, 1.165) is 4.90 Å². The molecule has 0 N–H and O–H groups in total. The highest BCUT2D eigenvalue weighted by Gasteiger charge is 2.12. The van der Waals surface area contributed by atoms with E-state index in [-0.39, 0.29) is 13.5 Å². The van der Waals surface area contributed by atoms with Gasteiger partial charge in [-0.15, -0.1) is 0 Å². The molecule has 23 heavy (non-hydrogen) atoms. The van der Waals surface area contributed by atoms with Gasteiger partial charge in [-0.25, -0.2) is 9.59 Å². The van der Waals surface area contributed by atoms with Crippen LogP contribution in [-0.2, 0) is 14.3 Å². The predicted octanol–water partition coefficient (Wildman–Crippen LogP) is 2.07. The van der Waals surface area contributed by atoms with E-state index in [1.807, 2.05) is 0 Å². The summed E-state index contributed by atoms with van der Waals surface area (Å²) in [6.45, 7) is -0.613. The molecule has 0 aliphatic carbocycles. The number of carbonyl (C=O) groups excluding carboxylic acids is 3. The molecule has 0 unspecified atom stereocenters. The van der Waals surface area contributed by atoms with Gasteiger partial charge in [-0.1, -0.05) is 36.4 Å². The fraction of sp³-hybridized carbons (Fsp3) is 0.118. The van der Waals surface area contributed by atoms with Gasteiger partial charge < -0.3 is 9.47 Å². The van der Waals surface area contributed by atoms with Gasteiger partial charge in [0.1, 0.15) is 0 Å². The number of hydrogen-bond acceptors (Lipinski definition) is 5. The van der Waals surface area contributed by atoms with Crippen molar-refractivity contribution in [3.05, 3.63) is 71.8 Å². The fourth-order valence-electron chi connectivity index (χ4n) is 1.70. The first-order valence-electron chi connectivity index (χ1n) is 6.84.